The Morgan fingerprint density at radius 2 is 1.76 bits per heavy atom. The van der Waals surface area contributed by atoms with Crippen LogP contribution in [0.4, 0.5) is 13.2 Å². The molecule has 2 aromatic carbocycles. The minimum Gasteiger partial charge on any atom is -0.460 e. The van der Waals surface area contributed by atoms with Crippen molar-refractivity contribution >= 4 is 16.1 Å². The van der Waals surface area contributed by atoms with Gasteiger partial charge in [0.1, 0.15) is 11.4 Å². The van der Waals surface area contributed by atoms with Crippen LogP contribution in [0.25, 0.3) is 0 Å². The molecule has 0 N–H and O–H groups in total. The highest BCUT2D eigenvalue weighted by atomic mass is 32.2. The fraction of sp³-hybridized carbons (Fsp3) is 0.536. The van der Waals surface area contributed by atoms with E-state index in [1.807, 2.05) is 65.0 Å². The first-order chi connectivity index (χ1) is 17.5. The highest BCUT2D eigenvalue weighted by Gasteiger charge is 2.49. The lowest BCUT2D eigenvalue weighted by Crippen LogP contribution is -2.49. The van der Waals surface area contributed by atoms with Gasteiger partial charge in [-0.25, -0.2) is 0 Å². The maximum atomic E-state index is 13.1. The van der Waals surface area contributed by atoms with E-state index in [-0.39, 0.29) is 23.6 Å². The molecule has 0 radical (unpaired) electrons. The highest BCUT2D eigenvalue weighted by Crippen LogP contribution is 2.41. The van der Waals surface area contributed by atoms with E-state index >= 15 is 0 Å². The number of rotatable bonds is 8. The smallest absolute Gasteiger partial charge is 0.460 e. The van der Waals surface area contributed by atoms with Crippen molar-refractivity contribution in [3.63, 3.8) is 0 Å². The van der Waals surface area contributed by atoms with E-state index in [1.165, 1.54) is 18.2 Å². The van der Waals surface area contributed by atoms with Crippen LogP contribution in [0.2, 0.25) is 0 Å². The summed E-state index contributed by atoms with van der Waals surface area (Å²) in [6.45, 7) is 11.4. The lowest BCUT2D eigenvalue weighted by molar-refractivity contribution is -0.160. The predicted octanol–water partition coefficient (Wildman–Crippen LogP) is 5.72. The van der Waals surface area contributed by atoms with Gasteiger partial charge in [-0.05, 0) is 74.8 Å². The summed E-state index contributed by atoms with van der Waals surface area (Å²) < 4.78 is 71.4. The molecule has 2 aromatic rings. The summed E-state index contributed by atoms with van der Waals surface area (Å²) in [4.78, 5) is 15.3. The third-order valence-electron chi connectivity index (χ3n) is 7.09. The number of ether oxygens (including phenoxy) is 1. The third-order valence-corrected chi connectivity index (χ3v) is 8.07. The normalized spacial score (nSPS) is 22.1. The fourth-order valence-electron chi connectivity index (χ4n) is 4.81. The maximum absolute atomic E-state index is 13.1. The summed E-state index contributed by atoms with van der Waals surface area (Å²) in [6.07, 6.45) is 1.21. The molecular formula is C28H36F3NO5S. The zero-order valence-electron chi connectivity index (χ0n) is 22.4. The Hall–Kier alpha value is -2.59. The molecule has 38 heavy (non-hydrogen) atoms. The van der Waals surface area contributed by atoms with Gasteiger partial charge >= 0.3 is 21.6 Å². The van der Waals surface area contributed by atoms with Gasteiger partial charge < -0.3 is 13.8 Å². The van der Waals surface area contributed by atoms with Crippen LogP contribution in [-0.4, -0.2) is 50.0 Å². The molecule has 10 heteroatoms. The summed E-state index contributed by atoms with van der Waals surface area (Å²) in [5, 5.41) is 0. The molecule has 0 amide bonds. The molecule has 0 unspecified atom stereocenters. The van der Waals surface area contributed by atoms with Crippen LogP contribution in [0, 0.1) is 11.8 Å². The number of piperidine rings is 1. The van der Waals surface area contributed by atoms with Crippen LogP contribution >= 0.6 is 0 Å². The molecule has 3 atom stereocenters. The van der Waals surface area contributed by atoms with Crippen molar-refractivity contribution in [2.75, 3.05) is 19.6 Å². The minimum atomic E-state index is -5.75. The van der Waals surface area contributed by atoms with E-state index in [0.717, 1.165) is 5.56 Å². The molecule has 1 fully saturated rings. The van der Waals surface area contributed by atoms with Crippen molar-refractivity contribution in [2.45, 2.75) is 64.0 Å². The van der Waals surface area contributed by atoms with Crippen LogP contribution in [0.3, 0.4) is 0 Å². The molecule has 1 heterocycles. The van der Waals surface area contributed by atoms with Crippen molar-refractivity contribution in [1.29, 1.82) is 0 Å². The second-order valence-electron chi connectivity index (χ2n) is 11.3. The van der Waals surface area contributed by atoms with Gasteiger partial charge in [0, 0.05) is 13.1 Å². The summed E-state index contributed by atoms with van der Waals surface area (Å²) in [7, 11) is -5.75. The van der Waals surface area contributed by atoms with E-state index in [0.29, 0.717) is 38.0 Å². The standard InChI is InChI=1S/C28H36F3NO5S/c1-20-18-32(19-22(25(33)36-26(2,3)4)16-21-10-7-6-8-11-21)15-14-27(20,5)23-12-9-13-24(17-23)37-38(34,35)28(29,30)31/h6-13,17,20,22H,14-16,18-19H2,1-5H3/t20-,22-,27+/m0/s1. The number of carbonyl (C=O) groups excluding carboxylic acids is 1. The summed E-state index contributed by atoms with van der Waals surface area (Å²) in [5.41, 5.74) is -4.79. The van der Waals surface area contributed by atoms with Gasteiger partial charge in [0.25, 0.3) is 0 Å². The zero-order chi connectivity index (χ0) is 28.4. The average Bonchev–Trinajstić information content (AvgIpc) is 2.80. The Balaban J connectivity index is 1.75. The van der Waals surface area contributed by atoms with Gasteiger partial charge in [-0.2, -0.15) is 21.6 Å². The van der Waals surface area contributed by atoms with Gasteiger partial charge in [-0.3, -0.25) is 4.79 Å². The SMILES string of the molecule is C[C@H]1CN(C[C@H](Cc2ccccc2)C(=O)OC(C)(C)C)CC[C@@]1(C)c1cccc(OS(=O)(=O)C(F)(F)F)c1. The molecule has 1 aliphatic rings. The highest BCUT2D eigenvalue weighted by molar-refractivity contribution is 7.88. The largest absolute Gasteiger partial charge is 0.534 e. The quantitative estimate of drug-likeness (QED) is 0.236. The second kappa shape index (κ2) is 11.3. The van der Waals surface area contributed by atoms with Gasteiger partial charge in [0.05, 0.1) is 5.92 Å². The lowest BCUT2D eigenvalue weighted by atomic mass is 9.68. The van der Waals surface area contributed by atoms with Crippen LogP contribution in [0.5, 0.6) is 5.75 Å². The summed E-state index contributed by atoms with van der Waals surface area (Å²) >= 11 is 0. The van der Waals surface area contributed by atoms with Gasteiger partial charge in [-0.1, -0.05) is 56.3 Å². The molecule has 0 aromatic heterocycles. The Morgan fingerprint density at radius 1 is 1.11 bits per heavy atom. The first-order valence-corrected chi connectivity index (χ1v) is 14.0. The van der Waals surface area contributed by atoms with Crippen LogP contribution in [0.1, 0.15) is 52.2 Å². The molecule has 0 bridgehead atoms. The topological polar surface area (TPSA) is 72.9 Å². The Morgan fingerprint density at radius 3 is 2.34 bits per heavy atom. The Bertz CT molecular complexity index is 1210. The molecular weight excluding hydrogens is 519 g/mol. The molecule has 210 valence electrons. The maximum Gasteiger partial charge on any atom is 0.534 e. The number of esters is 1. The Kier molecular flexibility index (Phi) is 8.88. The first kappa shape index (κ1) is 30.0. The number of benzene rings is 2. The average molecular weight is 556 g/mol. The molecule has 6 nitrogen and oxygen atoms in total. The van der Waals surface area contributed by atoms with Crippen molar-refractivity contribution in [1.82, 2.24) is 4.90 Å². The van der Waals surface area contributed by atoms with E-state index in [2.05, 4.69) is 9.08 Å². The van der Waals surface area contributed by atoms with Gasteiger partial charge in [0.2, 0.25) is 0 Å². The number of hydrogen-bond donors (Lipinski definition) is 0. The lowest BCUT2D eigenvalue weighted by Gasteiger charge is -2.46. The first-order valence-electron chi connectivity index (χ1n) is 12.6. The predicted molar refractivity (Wildman–Crippen MR) is 139 cm³/mol. The van der Waals surface area contributed by atoms with Gasteiger partial charge in [-0.15, -0.1) is 0 Å². The van der Waals surface area contributed by atoms with Crippen molar-refractivity contribution < 1.29 is 35.3 Å². The third kappa shape index (κ3) is 7.50. The summed E-state index contributed by atoms with van der Waals surface area (Å²) in [5.74, 6) is -0.930. The van der Waals surface area contributed by atoms with Crippen molar-refractivity contribution in [3.05, 3.63) is 65.7 Å². The molecule has 0 saturated carbocycles. The van der Waals surface area contributed by atoms with Gasteiger partial charge in [0.15, 0.2) is 0 Å². The number of carbonyl (C=O) groups is 1. The van der Waals surface area contributed by atoms with Crippen molar-refractivity contribution in [2.24, 2.45) is 11.8 Å². The van der Waals surface area contributed by atoms with Crippen LogP contribution in [0.15, 0.2) is 54.6 Å². The number of likely N-dealkylation sites (tertiary alicyclic amines) is 1. The molecule has 3 rings (SSSR count). The van der Waals surface area contributed by atoms with Crippen LogP contribution < -0.4 is 4.18 Å². The van der Waals surface area contributed by atoms with E-state index < -0.39 is 26.6 Å². The number of hydrogen-bond acceptors (Lipinski definition) is 6. The molecule has 1 aliphatic heterocycles. The zero-order valence-corrected chi connectivity index (χ0v) is 23.2. The molecule has 1 saturated heterocycles. The monoisotopic (exact) mass is 555 g/mol. The minimum absolute atomic E-state index is 0.0572. The number of nitrogens with zero attached hydrogens (tertiary/aromatic N) is 1. The fourth-order valence-corrected chi connectivity index (χ4v) is 5.26. The number of halogens is 3. The second-order valence-corrected chi connectivity index (χ2v) is 12.8. The Labute approximate surface area is 223 Å². The number of alkyl halides is 3. The van der Waals surface area contributed by atoms with Crippen molar-refractivity contribution in [3.8, 4) is 5.75 Å². The van der Waals surface area contributed by atoms with Crippen LogP contribution in [-0.2, 0) is 31.5 Å². The van der Waals surface area contributed by atoms with E-state index in [4.69, 9.17) is 4.74 Å². The summed E-state index contributed by atoms with van der Waals surface area (Å²) in [6, 6.07) is 15.6. The van der Waals surface area contributed by atoms with E-state index in [9.17, 15) is 26.4 Å². The van der Waals surface area contributed by atoms with E-state index in [1.54, 1.807) is 6.07 Å². The molecule has 0 aliphatic carbocycles. The molecule has 0 spiro atoms.